The molecule has 5 heteroatoms. The van der Waals surface area contributed by atoms with Crippen molar-refractivity contribution in [2.24, 2.45) is 5.73 Å². The van der Waals surface area contributed by atoms with E-state index < -0.39 is 5.91 Å². The van der Waals surface area contributed by atoms with Gasteiger partial charge in [-0.3, -0.25) is 4.79 Å². The lowest BCUT2D eigenvalue weighted by Crippen LogP contribution is -2.11. The topological polar surface area (TPSA) is 65.2 Å². The SMILES string of the molecule is NC(=O)c1csc(C2=CCOC=C2)n1. The number of primary amides is 1. The first kappa shape index (κ1) is 8.96. The van der Waals surface area contributed by atoms with Crippen LogP contribution in [0.25, 0.3) is 5.57 Å². The summed E-state index contributed by atoms with van der Waals surface area (Å²) < 4.78 is 5.00. The van der Waals surface area contributed by atoms with Crippen LogP contribution in [0.5, 0.6) is 0 Å². The maximum absolute atomic E-state index is 10.8. The molecule has 0 aliphatic carbocycles. The van der Waals surface area contributed by atoms with Crippen molar-refractivity contribution in [1.82, 2.24) is 4.98 Å². The molecule has 2 N–H and O–H groups in total. The number of amides is 1. The molecule has 1 amide bonds. The predicted molar refractivity (Wildman–Crippen MR) is 53.7 cm³/mol. The van der Waals surface area contributed by atoms with E-state index in [1.807, 2.05) is 12.2 Å². The van der Waals surface area contributed by atoms with Gasteiger partial charge in [-0.15, -0.1) is 11.3 Å². The molecule has 1 aromatic rings. The maximum atomic E-state index is 10.8. The number of rotatable bonds is 2. The van der Waals surface area contributed by atoms with Crippen molar-refractivity contribution < 1.29 is 9.53 Å². The molecule has 0 saturated carbocycles. The molecule has 14 heavy (non-hydrogen) atoms. The Labute approximate surface area is 84.7 Å². The molecule has 0 fully saturated rings. The summed E-state index contributed by atoms with van der Waals surface area (Å²) in [6.07, 6.45) is 5.33. The number of hydrogen-bond donors (Lipinski definition) is 1. The van der Waals surface area contributed by atoms with Gasteiger partial charge in [0.15, 0.2) is 0 Å². The van der Waals surface area contributed by atoms with Gasteiger partial charge in [-0.1, -0.05) is 0 Å². The Kier molecular flexibility index (Phi) is 2.32. The summed E-state index contributed by atoms with van der Waals surface area (Å²) in [5.41, 5.74) is 6.38. The third-order valence-electron chi connectivity index (χ3n) is 1.75. The second-order valence-electron chi connectivity index (χ2n) is 2.70. The Morgan fingerprint density at radius 2 is 2.50 bits per heavy atom. The standard InChI is InChI=1S/C9H8N2O2S/c10-8(12)7-5-14-9(11-7)6-1-3-13-4-2-6/h1-3,5H,4H2,(H2,10,12). The van der Waals surface area contributed by atoms with Crippen LogP contribution >= 0.6 is 11.3 Å². The quantitative estimate of drug-likeness (QED) is 0.793. The molecule has 1 aliphatic rings. The number of hydrogen-bond acceptors (Lipinski definition) is 4. The van der Waals surface area contributed by atoms with Gasteiger partial charge < -0.3 is 10.5 Å². The average molecular weight is 208 g/mol. The number of carbonyl (C=O) groups is 1. The molecule has 2 rings (SSSR count). The van der Waals surface area contributed by atoms with E-state index in [2.05, 4.69) is 4.98 Å². The lowest BCUT2D eigenvalue weighted by molar-refractivity contribution is 0.0996. The molecule has 0 radical (unpaired) electrons. The van der Waals surface area contributed by atoms with E-state index in [0.29, 0.717) is 12.3 Å². The number of thiazole rings is 1. The van der Waals surface area contributed by atoms with Crippen LogP contribution in [0.1, 0.15) is 15.5 Å². The molecule has 0 bridgehead atoms. The van der Waals surface area contributed by atoms with Crippen LogP contribution in [0.2, 0.25) is 0 Å². The van der Waals surface area contributed by atoms with E-state index in [1.54, 1.807) is 11.6 Å². The Morgan fingerprint density at radius 1 is 1.64 bits per heavy atom. The van der Waals surface area contributed by atoms with Crippen molar-refractivity contribution in [3.05, 3.63) is 34.5 Å². The maximum Gasteiger partial charge on any atom is 0.268 e. The normalized spacial score (nSPS) is 14.7. The highest BCUT2D eigenvalue weighted by atomic mass is 32.1. The summed E-state index contributed by atoms with van der Waals surface area (Å²) in [5.74, 6) is -0.496. The number of carbonyl (C=O) groups excluding carboxylic acids is 1. The van der Waals surface area contributed by atoms with Gasteiger partial charge in [0.25, 0.3) is 5.91 Å². The van der Waals surface area contributed by atoms with E-state index in [0.717, 1.165) is 10.6 Å². The van der Waals surface area contributed by atoms with Crippen molar-refractivity contribution in [1.29, 1.82) is 0 Å². The molecule has 0 spiro atoms. The number of allylic oxidation sites excluding steroid dienone is 2. The van der Waals surface area contributed by atoms with Gasteiger partial charge in [-0.2, -0.15) is 0 Å². The molecule has 4 nitrogen and oxygen atoms in total. The summed E-state index contributed by atoms with van der Waals surface area (Å²) in [6.45, 7) is 0.539. The van der Waals surface area contributed by atoms with Crippen LogP contribution < -0.4 is 5.73 Å². The average Bonchev–Trinajstić information content (AvgIpc) is 2.68. The minimum absolute atomic E-state index is 0.311. The van der Waals surface area contributed by atoms with E-state index in [9.17, 15) is 4.79 Å². The summed E-state index contributed by atoms with van der Waals surface area (Å²) in [5, 5.41) is 2.44. The third kappa shape index (κ3) is 1.67. The van der Waals surface area contributed by atoms with E-state index >= 15 is 0 Å². The van der Waals surface area contributed by atoms with Crippen LogP contribution in [0.4, 0.5) is 0 Å². The van der Waals surface area contributed by atoms with Gasteiger partial charge in [0.2, 0.25) is 0 Å². The zero-order chi connectivity index (χ0) is 9.97. The fourth-order valence-corrected chi connectivity index (χ4v) is 1.89. The smallest absolute Gasteiger partial charge is 0.268 e. The van der Waals surface area contributed by atoms with E-state index in [-0.39, 0.29) is 0 Å². The molecule has 0 saturated heterocycles. The van der Waals surface area contributed by atoms with Crippen molar-refractivity contribution in [2.45, 2.75) is 0 Å². The Hall–Kier alpha value is -1.62. The fourth-order valence-electron chi connectivity index (χ4n) is 1.06. The van der Waals surface area contributed by atoms with Crippen molar-refractivity contribution in [3.8, 4) is 0 Å². The molecule has 1 aliphatic heterocycles. The summed E-state index contributed by atoms with van der Waals surface area (Å²) in [4.78, 5) is 14.9. The van der Waals surface area contributed by atoms with Crippen molar-refractivity contribution in [3.63, 3.8) is 0 Å². The van der Waals surface area contributed by atoms with Crippen LogP contribution in [-0.2, 0) is 4.74 Å². The highest BCUT2D eigenvalue weighted by Crippen LogP contribution is 2.22. The van der Waals surface area contributed by atoms with E-state index in [1.165, 1.54) is 11.3 Å². The first-order valence-corrected chi connectivity index (χ1v) is 4.89. The molecule has 0 aromatic carbocycles. The van der Waals surface area contributed by atoms with Crippen LogP contribution in [-0.4, -0.2) is 17.5 Å². The molecular weight excluding hydrogens is 200 g/mol. The lowest BCUT2D eigenvalue weighted by Gasteiger charge is -2.04. The monoisotopic (exact) mass is 208 g/mol. The number of nitrogens with two attached hydrogens (primary N) is 1. The predicted octanol–water partition coefficient (Wildman–Crippen LogP) is 1.17. The van der Waals surface area contributed by atoms with Gasteiger partial charge >= 0.3 is 0 Å². The van der Waals surface area contributed by atoms with Gasteiger partial charge in [0.05, 0.1) is 6.26 Å². The molecule has 72 valence electrons. The number of nitrogens with zero attached hydrogens (tertiary/aromatic N) is 1. The van der Waals surface area contributed by atoms with Crippen molar-refractivity contribution >= 4 is 22.8 Å². The second-order valence-corrected chi connectivity index (χ2v) is 3.56. The summed E-state index contributed by atoms with van der Waals surface area (Å²) in [7, 11) is 0. The van der Waals surface area contributed by atoms with Gasteiger partial charge in [0, 0.05) is 11.0 Å². The Bertz CT molecular complexity index is 420. The minimum Gasteiger partial charge on any atom is -0.497 e. The van der Waals surface area contributed by atoms with Crippen LogP contribution in [0.15, 0.2) is 23.8 Å². The zero-order valence-electron chi connectivity index (χ0n) is 7.27. The van der Waals surface area contributed by atoms with Gasteiger partial charge in [0.1, 0.15) is 17.3 Å². The van der Waals surface area contributed by atoms with Crippen molar-refractivity contribution in [2.75, 3.05) is 6.61 Å². The number of aromatic nitrogens is 1. The first-order chi connectivity index (χ1) is 6.77. The second kappa shape index (κ2) is 3.63. The third-order valence-corrected chi connectivity index (χ3v) is 2.64. The van der Waals surface area contributed by atoms with Crippen LogP contribution in [0.3, 0.4) is 0 Å². The lowest BCUT2D eigenvalue weighted by atomic mass is 10.2. The highest BCUT2D eigenvalue weighted by molar-refractivity contribution is 7.11. The highest BCUT2D eigenvalue weighted by Gasteiger charge is 2.09. The molecule has 0 atom stereocenters. The van der Waals surface area contributed by atoms with Gasteiger partial charge in [-0.25, -0.2) is 4.98 Å². The minimum atomic E-state index is -0.496. The summed E-state index contributed by atoms with van der Waals surface area (Å²) >= 11 is 1.40. The largest absolute Gasteiger partial charge is 0.497 e. The van der Waals surface area contributed by atoms with Gasteiger partial charge in [-0.05, 0) is 12.2 Å². The molecule has 0 unspecified atom stereocenters. The fraction of sp³-hybridized carbons (Fsp3) is 0.111. The molecule has 2 heterocycles. The molecule has 1 aromatic heterocycles. The Balaban J connectivity index is 2.28. The first-order valence-electron chi connectivity index (χ1n) is 4.01. The van der Waals surface area contributed by atoms with Crippen LogP contribution in [0, 0.1) is 0 Å². The summed E-state index contributed by atoms with van der Waals surface area (Å²) in [6, 6.07) is 0. The van der Waals surface area contributed by atoms with E-state index in [4.69, 9.17) is 10.5 Å². The Morgan fingerprint density at radius 3 is 3.07 bits per heavy atom. The zero-order valence-corrected chi connectivity index (χ0v) is 8.08. The number of ether oxygens (including phenoxy) is 1. The molecular formula is C9H8N2O2S.